The standard InChI is InChI=1S/C17H32N2O2/c1-15-4-6-17(20,7-5-15)14-19-8-2-3-16(19)13-18-9-11-21-12-10-18/h15-16,20H,2-14H2,1H3. The summed E-state index contributed by atoms with van der Waals surface area (Å²) in [6.45, 7) is 9.47. The van der Waals surface area contributed by atoms with Crippen molar-refractivity contribution < 1.29 is 9.84 Å². The van der Waals surface area contributed by atoms with Crippen LogP contribution < -0.4 is 0 Å². The maximum atomic E-state index is 10.9. The van der Waals surface area contributed by atoms with E-state index in [4.69, 9.17) is 4.74 Å². The molecule has 0 aromatic rings. The zero-order valence-corrected chi connectivity index (χ0v) is 13.6. The van der Waals surface area contributed by atoms with E-state index in [1.54, 1.807) is 0 Å². The van der Waals surface area contributed by atoms with E-state index in [1.165, 1.54) is 32.2 Å². The molecule has 2 aliphatic heterocycles. The lowest BCUT2D eigenvalue weighted by molar-refractivity contribution is -0.0426. The molecule has 2 saturated heterocycles. The van der Waals surface area contributed by atoms with E-state index < -0.39 is 5.60 Å². The maximum Gasteiger partial charge on any atom is 0.0774 e. The Balaban J connectivity index is 1.51. The Morgan fingerprint density at radius 2 is 1.81 bits per heavy atom. The van der Waals surface area contributed by atoms with Gasteiger partial charge in [-0.1, -0.05) is 6.92 Å². The molecule has 0 bridgehead atoms. The van der Waals surface area contributed by atoms with Crippen molar-refractivity contribution in [3.63, 3.8) is 0 Å². The van der Waals surface area contributed by atoms with Gasteiger partial charge in [0.05, 0.1) is 18.8 Å². The first-order chi connectivity index (χ1) is 10.1. The molecule has 1 atom stereocenters. The van der Waals surface area contributed by atoms with Gasteiger partial charge in [0, 0.05) is 32.2 Å². The van der Waals surface area contributed by atoms with E-state index in [0.29, 0.717) is 6.04 Å². The van der Waals surface area contributed by atoms with Gasteiger partial charge in [0.25, 0.3) is 0 Å². The number of morpholine rings is 1. The minimum Gasteiger partial charge on any atom is -0.389 e. The minimum absolute atomic E-state index is 0.417. The van der Waals surface area contributed by atoms with E-state index >= 15 is 0 Å². The normalized spacial score (nSPS) is 39.7. The third kappa shape index (κ3) is 4.19. The van der Waals surface area contributed by atoms with Crippen molar-refractivity contribution in [3.8, 4) is 0 Å². The highest BCUT2D eigenvalue weighted by molar-refractivity contribution is 4.92. The predicted molar refractivity (Wildman–Crippen MR) is 84.4 cm³/mol. The summed E-state index contributed by atoms with van der Waals surface area (Å²) in [4.78, 5) is 5.12. The first-order valence-corrected chi connectivity index (χ1v) is 8.91. The van der Waals surface area contributed by atoms with E-state index in [-0.39, 0.29) is 0 Å². The zero-order chi connectivity index (χ0) is 14.7. The van der Waals surface area contributed by atoms with Crippen LogP contribution in [0.4, 0.5) is 0 Å². The van der Waals surface area contributed by atoms with Crippen LogP contribution in [0, 0.1) is 5.92 Å². The van der Waals surface area contributed by atoms with Gasteiger partial charge in [-0.05, 0) is 51.0 Å². The first-order valence-electron chi connectivity index (χ1n) is 8.91. The van der Waals surface area contributed by atoms with Gasteiger partial charge < -0.3 is 9.84 Å². The second kappa shape index (κ2) is 6.95. The van der Waals surface area contributed by atoms with E-state index in [1.807, 2.05) is 0 Å². The van der Waals surface area contributed by atoms with Crippen LogP contribution in [0.25, 0.3) is 0 Å². The summed E-state index contributed by atoms with van der Waals surface area (Å²) in [5.41, 5.74) is -0.417. The number of hydrogen-bond donors (Lipinski definition) is 1. The van der Waals surface area contributed by atoms with E-state index in [0.717, 1.165) is 58.2 Å². The lowest BCUT2D eigenvalue weighted by Crippen LogP contribution is -2.50. The molecule has 4 heteroatoms. The topological polar surface area (TPSA) is 35.9 Å². The van der Waals surface area contributed by atoms with E-state index in [9.17, 15) is 5.11 Å². The minimum atomic E-state index is -0.417. The van der Waals surface area contributed by atoms with Crippen LogP contribution in [0.3, 0.4) is 0 Å². The Morgan fingerprint density at radius 3 is 2.52 bits per heavy atom. The number of nitrogens with zero attached hydrogens (tertiary/aromatic N) is 2. The van der Waals surface area contributed by atoms with Gasteiger partial charge in [-0.3, -0.25) is 9.80 Å². The predicted octanol–water partition coefficient (Wildman–Crippen LogP) is 1.72. The third-order valence-corrected chi connectivity index (χ3v) is 5.77. The molecule has 4 nitrogen and oxygen atoms in total. The maximum absolute atomic E-state index is 10.9. The summed E-state index contributed by atoms with van der Waals surface area (Å²) >= 11 is 0. The number of rotatable bonds is 4. The van der Waals surface area contributed by atoms with Gasteiger partial charge in [-0.2, -0.15) is 0 Å². The third-order valence-electron chi connectivity index (χ3n) is 5.77. The summed E-state index contributed by atoms with van der Waals surface area (Å²) in [5.74, 6) is 0.799. The molecule has 3 aliphatic rings. The Bertz CT molecular complexity index is 323. The molecule has 2 heterocycles. The second-order valence-corrected chi connectivity index (χ2v) is 7.59. The van der Waals surface area contributed by atoms with Crippen LogP contribution in [-0.2, 0) is 4.74 Å². The molecule has 0 radical (unpaired) electrons. The molecule has 1 unspecified atom stereocenters. The number of aliphatic hydroxyl groups is 1. The highest BCUT2D eigenvalue weighted by Gasteiger charge is 2.37. The van der Waals surface area contributed by atoms with Crippen LogP contribution in [0.2, 0.25) is 0 Å². The molecular weight excluding hydrogens is 264 g/mol. The fourth-order valence-corrected chi connectivity index (χ4v) is 4.23. The Morgan fingerprint density at radius 1 is 1.10 bits per heavy atom. The van der Waals surface area contributed by atoms with Gasteiger partial charge in [-0.15, -0.1) is 0 Å². The molecule has 1 saturated carbocycles. The highest BCUT2D eigenvalue weighted by Crippen LogP contribution is 2.34. The smallest absolute Gasteiger partial charge is 0.0774 e. The average molecular weight is 296 g/mol. The number of β-amino-alcohol motifs (C(OH)–C–C–N with tert-alkyl or cyclic N) is 1. The summed E-state index contributed by atoms with van der Waals surface area (Å²) in [7, 11) is 0. The molecule has 3 fully saturated rings. The molecule has 0 amide bonds. The van der Waals surface area contributed by atoms with Crippen molar-refractivity contribution in [1.29, 1.82) is 0 Å². The summed E-state index contributed by atoms with van der Waals surface area (Å²) in [6.07, 6.45) is 6.96. The van der Waals surface area contributed by atoms with Crippen LogP contribution in [0.15, 0.2) is 0 Å². The molecule has 21 heavy (non-hydrogen) atoms. The SMILES string of the molecule is CC1CCC(O)(CN2CCCC2CN2CCOCC2)CC1. The fourth-order valence-electron chi connectivity index (χ4n) is 4.23. The quantitative estimate of drug-likeness (QED) is 0.857. The lowest BCUT2D eigenvalue weighted by atomic mass is 9.79. The lowest BCUT2D eigenvalue weighted by Gasteiger charge is -2.40. The van der Waals surface area contributed by atoms with Gasteiger partial charge in [0.2, 0.25) is 0 Å². The summed E-state index contributed by atoms with van der Waals surface area (Å²) in [6, 6.07) is 0.645. The van der Waals surface area contributed by atoms with Gasteiger partial charge >= 0.3 is 0 Å². The van der Waals surface area contributed by atoms with Gasteiger partial charge in [0.15, 0.2) is 0 Å². The summed E-state index contributed by atoms with van der Waals surface area (Å²) < 4.78 is 5.44. The van der Waals surface area contributed by atoms with Crippen LogP contribution in [0.1, 0.15) is 45.4 Å². The van der Waals surface area contributed by atoms with Gasteiger partial charge in [0.1, 0.15) is 0 Å². The van der Waals surface area contributed by atoms with Crippen molar-refractivity contribution in [3.05, 3.63) is 0 Å². The number of hydrogen-bond acceptors (Lipinski definition) is 4. The average Bonchev–Trinajstić information content (AvgIpc) is 2.90. The molecule has 0 aromatic heterocycles. The molecule has 0 spiro atoms. The van der Waals surface area contributed by atoms with Crippen molar-refractivity contribution in [1.82, 2.24) is 9.80 Å². The Labute approximate surface area is 129 Å². The molecule has 1 aliphatic carbocycles. The monoisotopic (exact) mass is 296 g/mol. The molecule has 122 valence electrons. The fraction of sp³-hybridized carbons (Fsp3) is 1.00. The first kappa shape index (κ1) is 15.7. The molecule has 3 rings (SSSR count). The summed E-state index contributed by atoms with van der Waals surface area (Å²) in [5, 5.41) is 10.9. The highest BCUT2D eigenvalue weighted by atomic mass is 16.5. The van der Waals surface area contributed by atoms with Crippen molar-refractivity contribution >= 4 is 0 Å². The second-order valence-electron chi connectivity index (χ2n) is 7.59. The zero-order valence-electron chi connectivity index (χ0n) is 13.6. The number of likely N-dealkylation sites (tertiary alicyclic amines) is 1. The largest absolute Gasteiger partial charge is 0.389 e. The van der Waals surface area contributed by atoms with Crippen LogP contribution >= 0.6 is 0 Å². The van der Waals surface area contributed by atoms with Crippen LogP contribution in [0.5, 0.6) is 0 Å². The van der Waals surface area contributed by atoms with Crippen LogP contribution in [-0.4, -0.2) is 72.5 Å². The Kier molecular flexibility index (Phi) is 5.20. The molecular formula is C17H32N2O2. The van der Waals surface area contributed by atoms with Crippen molar-refractivity contribution in [2.45, 2.75) is 57.1 Å². The molecule has 0 aromatic carbocycles. The Hall–Kier alpha value is -0.160. The number of ether oxygens (including phenoxy) is 1. The molecule has 1 N–H and O–H groups in total. The van der Waals surface area contributed by atoms with Crippen molar-refractivity contribution in [2.24, 2.45) is 5.92 Å². The van der Waals surface area contributed by atoms with Crippen molar-refractivity contribution in [2.75, 3.05) is 45.9 Å². The van der Waals surface area contributed by atoms with Gasteiger partial charge in [-0.25, -0.2) is 0 Å². The van der Waals surface area contributed by atoms with E-state index in [2.05, 4.69) is 16.7 Å².